The van der Waals surface area contributed by atoms with Crippen LogP contribution in [-0.2, 0) is 25.5 Å². The molecule has 3 rings (SSSR count). The Morgan fingerprint density at radius 2 is 1.84 bits per heavy atom. The summed E-state index contributed by atoms with van der Waals surface area (Å²) in [6, 6.07) is 11.6. The number of carbonyl (C=O) groups excluding carboxylic acids is 4. The third kappa shape index (κ3) is 7.87. The van der Waals surface area contributed by atoms with Crippen LogP contribution in [0.1, 0.15) is 64.1 Å². The molecule has 38 heavy (non-hydrogen) atoms. The van der Waals surface area contributed by atoms with Crippen LogP contribution in [0.2, 0.25) is 0 Å². The molecule has 9 nitrogen and oxygen atoms in total. The van der Waals surface area contributed by atoms with Gasteiger partial charge in [0.2, 0.25) is 11.7 Å². The fourth-order valence-electron chi connectivity index (χ4n) is 4.52. The molecule has 0 radical (unpaired) electrons. The lowest BCUT2D eigenvalue weighted by molar-refractivity contribution is -0.139. The Morgan fingerprint density at radius 1 is 1.11 bits per heavy atom. The molecule has 204 valence electrons. The molecular formula is C29H38N4O5. The van der Waals surface area contributed by atoms with E-state index in [0.29, 0.717) is 19.4 Å². The maximum Gasteiger partial charge on any atom is 0.408 e. The molecule has 0 aliphatic carbocycles. The molecule has 0 unspecified atom stereocenters. The summed E-state index contributed by atoms with van der Waals surface area (Å²) < 4.78 is 5.71. The summed E-state index contributed by atoms with van der Waals surface area (Å²) in [5, 5.41) is 5.33. The summed E-state index contributed by atoms with van der Waals surface area (Å²) in [5.41, 5.74) is 1.21. The predicted octanol–water partition coefficient (Wildman–Crippen LogP) is 3.59. The van der Waals surface area contributed by atoms with Crippen molar-refractivity contribution in [2.75, 3.05) is 13.1 Å². The number of aromatic nitrogens is 1. The lowest BCUT2D eigenvalue weighted by atomic mass is 9.90. The predicted molar refractivity (Wildman–Crippen MR) is 143 cm³/mol. The van der Waals surface area contributed by atoms with E-state index in [4.69, 9.17) is 4.74 Å². The third-order valence-corrected chi connectivity index (χ3v) is 6.86. The fourth-order valence-corrected chi connectivity index (χ4v) is 4.52. The van der Waals surface area contributed by atoms with Crippen molar-refractivity contribution in [2.45, 2.75) is 71.6 Å². The zero-order chi connectivity index (χ0) is 27.7. The molecule has 0 spiro atoms. The van der Waals surface area contributed by atoms with Crippen molar-refractivity contribution >= 4 is 23.7 Å². The maximum atomic E-state index is 13.0. The Balaban J connectivity index is 1.59. The number of ketones is 1. The Morgan fingerprint density at radius 3 is 2.50 bits per heavy atom. The first-order valence-electron chi connectivity index (χ1n) is 13.1. The molecule has 2 heterocycles. The number of hydrogen-bond acceptors (Lipinski definition) is 6. The molecule has 1 aromatic heterocycles. The minimum atomic E-state index is -1.00. The summed E-state index contributed by atoms with van der Waals surface area (Å²) in [7, 11) is 0. The molecule has 0 bridgehead atoms. The highest BCUT2D eigenvalue weighted by Crippen LogP contribution is 2.32. The van der Waals surface area contributed by atoms with Crippen molar-refractivity contribution in [3.63, 3.8) is 0 Å². The fraction of sp³-hybridized carbons (Fsp3) is 0.483. The van der Waals surface area contributed by atoms with Gasteiger partial charge in [0.05, 0.1) is 19.0 Å². The first-order valence-corrected chi connectivity index (χ1v) is 13.1. The number of hydrogen-bond donors (Lipinski definition) is 2. The monoisotopic (exact) mass is 522 g/mol. The van der Waals surface area contributed by atoms with Crippen LogP contribution in [0.5, 0.6) is 0 Å². The summed E-state index contributed by atoms with van der Waals surface area (Å²) >= 11 is 0. The van der Waals surface area contributed by atoms with Crippen LogP contribution in [0.15, 0.2) is 54.9 Å². The van der Waals surface area contributed by atoms with E-state index in [1.807, 2.05) is 57.2 Å². The van der Waals surface area contributed by atoms with Crippen LogP contribution in [-0.4, -0.2) is 58.8 Å². The molecule has 1 aliphatic heterocycles. The molecule has 3 amide bonds. The molecule has 9 heteroatoms. The van der Waals surface area contributed by atoms with Crippen molar-refractivity contribution in [1.82, 2.24) is 20.5 Å². The van der Waals surface area contributed by atoms with Gasteiger partial charge < -0.3 is 20.3 Å². The van der Waals surface area contributed by atoms with Crippen LogP contribution in [0.3, 0.4) is 0 Å². The topological polar surface area (TPSA) is 118 Å². The van der Waals surface area contributed by atoms with Gasteiger partial charge in [0, 0.05) is 24.4 Å². The zero-order valence-corrected chi connectivity index (χ0v) is 22.6. The Hall–Kier alpha value is -3.75. The molecule has 3 atom stereocenters. The van der Waals surface area contributed by atoms with Gasteiger partial charge in [0.25, 0.3) is 5.91 Å². The SMILES string of the molecule is CCCC[C@H](NC(=O)O[C@H]1CN(C(=O)Cc2cccnc2)CC1(C)C)C(=O)C(=O)N[C@H](C)c1ccccc1. The van der Waals surface area contributed by atoms with E-state index in [-0.39, 0.29) is 24.9 Å². The first kappa shape index (κ1) is 28.8. The number of pyridine rings is 1. The lowest BCUT2D eigenvalue weighted by Crippen LogP contribution is -2.49. The van der Waals surface area contributed by atoms with Crippen molar-refractivity contribution in [3.05, 3.63) is 66.0 Å². The number of amides is 3. The smallest absolute Gasteiger partial charge is 0.408 e. The first-order chi connectivity index (χ1) is 18.1. The van der Waals surface area contributed by atoms with Gasteiger partial charge in [-0.2, -0.15) is 0 Å². The van der Waals surface area contributed by atoms with Crippen molar-refractivity contribution < 1.29 is 23.9 Å². The van der Waals surface area contributed by atoms with E-state index < -0.39 is 35.3 Å². The average molecular weight is 523 g/mol. The van der Waals surface area contributed by atoms with Gasteiger partial charge in [-0.05, 0) is 30.5 Å². The summed E-state index contributed by atoms with van der Waals surface area (Å²) in [4.78, 5) is 57.2. The van der Waals surface area contributed by atoms with Gasteiger partial charge in [-0.15, -0.1) is 0 Å². The summed E-state index contributed by atoms with van der Waals surface area (Å²) in [6.07, 6.45) is 3.97. The van der Waals surface area contributed by atoms with Gasteiger partial charge in [0.1, 0.15) is 12.1 Å². The molecule has 1 saturated heterocycles. The molecule has 2 N–H and O–H groups in total. The zero-order valence-electron chi connectivity index (χ0n) is 22.6. The van der Waals surface area contributed by atoms with Gasteiger partial charge in [-0.3, -0.25) is 19.4 Å². The molecule has 1 aromatic carbocycles. The van der Waals surface area contributed by atoms with E-state index >= 15 is 0 Å². The second kappa shape index (κ2) is 13.2. The Kier molecular flexibility index (Phi) is 9.98. The van der Waals surface area contributed by atoms with Crippen molar-refractivity contribution in [2.24, 2.45) is 5.41 Å². The molecule has 2 aromatic rings. The van der Waals surface area contributed by atoms with E-state index in [2.05, 4.69) is 15.6 Å². The van der Waals surface area contributed by atoms with E-state index in [0.717, 1.165) is 17.5 Å². The minimum absolute atomic E-state index is 0.0715. The van der Waals surface area contributed by atoms with Gasteiger partial charge in [0.15, 0.2) is 0 Å². The molecular weight excluding hydrogens is 484 g/mol. The second-order valence-electron chi connectivity index (χ2n) is 10.5. The number of nitrogens with zero attached hydrogens (tertiary/aromatic N) is 2. The number of ether oxygens (including phenoxy) is 1. The van der Waals surface area contributed by atoms with E-state index in [1.165, 1.54) is 0 Å². The summed E-state index contributed by atoms with van der Waals surface area (Å²) in [6.45, 7) is 8.31. The highest BCUT2D eigenvalue weighted by molar-refractivity contribution is 6.38. The van der Waals surface area contributed by atoms with Crippen LogP contribution in [0, 0.1) is 5.41 Å². The number of benzene rings is 1. The van der Waals surface area contributed by atoms with E-state index in [1.54, 1.807) is 30.3 Å². The van der Waals surface area contributed by atoms with Gasteiger partial charge in [-0.1, -0.05) is 70.0 Å². The number of alkyl carbamates (subject to hydrolysis) is 1. The second-order valence-corrected chi connectivity index (χ2v) is 10.5. The summed E-state index contributed by atoms with van der Waals surface area (Å²) in [5.74, 6) is -1.54. The normalized spacial score (nSPS) is 17.8. The number of Topliss-reactive ketones (excluding diaryl/α,β-unsaturated/α-hetero) is 1. The number of rotatable bonds is 11. The average Bonchev–Trinajstić information content (AvgIpc) is 3.20. The standard InChI is InChI=1S/C29H38N4O5/c1-5-6-14-23(26(35)27(36)31-20(2)22-12-8-7-9-13-22)32-28(37)38-24-18-33(19-29(24,3)4)25(34)16-21-11-10-15-30-17-21/h7-13,15,17,20,23-24H,5-6,14,16,18-19H2,1-4H3,(H,31,36)(H,32,37)/t20-,23+,24+/m1/s1. The van der Waals surface area contributed by atoms with Crippen LogP contribution >= 0.6 is 0 Å². The minimum Gasteiger partial charge on any atom is -0.444 e. The number of carbonyl (C=O) groups is 4. The number of unbranched alkanes of at least 4 members (excludes halogenated alkanes) is 1. The van der Waals surface area contributed by atoms with Gasteiger partial charge in [-0.25, -0.2) is 4.79 Å². The molecule has 0 saturated carbocycles. The molecule has 1 aliphatic rings. The largest absolute Gasteiger partial charge is 0.444 e. The number of nitrogens with one attached hydrogen (secondary N) is 2. The highest BCUT2D eigenvalue weighted by Gasteiger charge is 2.44. The third-order valence-electron chi connectivity index (χ3n) is 6.86. The van der Waals surface area contributed by atoms with Crippen molar-refractivity contribution in [1.29, 1.82) is 0 Å². The van der Waals surface area contributed by atoms with Crippen molar-refractivity contribution in [3.8, 4) is 0 Å². The highest BCUT2D eigenvalue weighted by atomic mass is 16.6. The quantitative estimate of drug-likeness (QED) is 0.436. The number of likely N-dealkylation sites (tertiary alicyclic amines) is 1. The Bertz CT molecular complexity index is 1110. The van der Waals surface area contributed by atoms with E-state index in [9.17, 15) is 19.2 Å². The van der Waals surface area contributed by atoms with Crippen LogP contribution in [0.25, 0.3) is 0 Å². The Labute approximate surface area is 224 Å². The molecule has 1 fully saturated rings. The van der Waals surface area contributed by atoms with Crippen LogP contribution in [0.4, 0.5) is 4.79 Å². The lowest BCUT2D eigenvalue weighted by Gasteiger charge is -2.26. The van der Waals surface area contributed by atoms with Gasteiger partial charge >= 0.3 is 6.09 Å². The van der Waals surface area contributed by atoms with Crippen LogP contribution < -0.4 is 10.6 Å². The maximum absolute atomic E-state index is 13.0.